The van der Waals surface area contributed by atoms with Crippen LogP contribution in [0, 0.1) is 17.6 Å². The molecule has 1 aromatic rings. The molecule has 0 saturated carbocycles. The third-order valence-electron chi connectivity index (χ3n) is 2.63. The zero-order chi connectivity index (χ0) is 13.7. The molecule has 0 radical (unpaired) electrons. The summed E-state index contributed by atoms with van der Waals surface area (Å²) in [6.07, 6.45) is 0.118. The molecule has 0 amide bonds. The summed E-state index contributed by atoms with van der Waals surface area (Å²) in [5.74, 6) is -1.53. The van der Waals surface area contributed by atoms with Gasteiger partial charge in [-0.3, -0.25) is 4.79 Å². The zero-order valence-corrected chi connectivity index (χ0v) is 10.9. The first-order chi connectivity index (χ1) is 8.41. The van der Waals surface area contributed by atoms with Crippen molar-refractivity contribution in [2.45, 2.75) is 33.3 Å². The molecule has 2 nitrogen and oxygen atoms in total. The lowest BCUT2D eigenvalue weighted by molar-refractivity contribution is 0.0439. The average Bonchev–Trinajstić information content (AvgIpc) is 2.27. The number of hydrogen-bond donors (Lipinski definition) is 0. The van der Waals surface area contributed by atoms with E-state index < -0.39 is 23.5 Å². The van der Waals surface area contributed by atoms with Gasteiger partial charge in [-0.1, -0.05) is 13.8 Å². The number of carbonyl (C=O) groups excluding carboxylic acids is 1. The molecule has 0 heterocycles. The molecule has 0 aliphatic carbocycles. The fourth-order valence-electron chi connectivity index (χ4n) is 1.46. The molecule has 100 valence electrons. The van der Waals surface area contributed by atoms with Crippen molar-refractivity contribution in [2.75, 3.05) is 6.61 Å². The fourth-order valence-corrected chi connectivity index (χ4v) is 1.46. The van der Waals surface area contributed by atoms with Gasteiger partial charge in [-0.05, 0) is 31.4 Å². The quantitative estimate of drug-likeness (QED) is 0.727. The SMILES string of the molecule is CC(C)CCOC(C)C(=O)c1ccc(F)cc1F. The molecule has 0 fully saturated rings. The third-order valence-corrected chi connectivity index (χ3v) is 2.63. The largest absolute Gasteiger partial charge is 0.370 e. The van der Waals surface area contributed by atoms with Crippen molar-refractivity contribution < 1.29 is 18.3 Å². The standard InChI is InChI=1S/C14H18F2O2/c1-9(2)6-7-18-10(3)14(17)12-5-4-11(15)8-13(12)16/h4-5,8-10H,6-7H2,1-3H3. The van der Waals surface area contributed by atoms with Crippen LogP contribution in [0.25, 0.3) is 0 Å². The van der Waals surface area contributed by atoms with E-state index in [2.05, 4.69) is 13.8 Å². The fraction of sp³-hybridized carbons (Fsp3) is 0.500. The number of benzene rings is 1. The van der Waals surface area contributed by atoms with Crippen molar-refractivity contribution in [1.29, 1.82) is 0 Å². The highest BCUT2D eigenvalue weighted by Gasteiger charge is 2.19. The van der Waals surface area contributed by atoms with Gasteiger partial charge in [-0.2, -0.15) is 0 Å². The van der Waals surface area contributed by atoms with Gasteiger partial charge in [0.25, 0.3) is 0 Å². The van der Waals surface area contributed by atoms with Gasteiger partial charge in [-0.25, -0.2) is 8.78 Å². The van der Waals surface area contributed by atoms with E-state index in [4.69, 9.17) is 4.74 Å². The second kappa shape index (κ2) is 6.59. The Hall–Kier alpha value is -1.29. The maximum atomic E-state index is 13.4. The van der Waals surface area contributed by atoms with Crippen LogP contribution in [0.5, 0.6) is 0 Å². The van der Waals surface area contributed by atoms with Crippen molar-refractivity contribution in [2.24, 2.45) is 5.92 Å². The Labute approximate surface area is 106 Å². The van der Waals surface area contributed by atoms with Gasteiger partial charge in [0.2, 0.25) is 0 Å². The molecule has 0 bridgehead atoms. The number of hydrogen-bond acceptors (Lipinski definition) is 2. The van der Waals surface area contributed by atoms with Gasteiger partial charge < -0.3 is 4.74 Å². The number of halogens is 2. The van der Waals surface area contributed by atoms with E-state index in [0.717, 1.165) is 18.6 Å². The highest BCUT2D eigenvalue weighted by atomic mass is 19.1. The Kier molecular flexibility index (Phi) is 5.41. The molecular formula is C14H18F2O2. The maximum Gasteiger partial charge on any atom is 0.194 e. The second-order valence-corrected chi connectivity index (χ2v) is 4.68. The average molecular weight is 256 g/mol. The van der Waals surface area contributed by atoms with E-state index in [1.54, 1.807) is 6.92 Å². The smallest absolute Gasteiger partial charge is 0.194 e. The van der Waals surface area contributed by atoms with E-state index >= 15 is 0 Å². The molecule has 0 N–H and O–H groups in total. The molecule has 0 aromatic heterocycles. The van der Waals surface area contributed by atoms with Gasteiger partial charge >= 0.3 is 0 Å². The van der Waals surface area contributed by atoms with Crippen LogP contribution in [0.3, 0.4) is 0 Å². The Morgan fingerprint density at radius 1 is 1.28 bits per heavy atom. The minimum Gasteiger partial charge on any atom is -0.370 e. The highest BCUT2D eigenvalue weighted by Crippen LogP contribution is 2.13. The summed E-state index contributed by atoms with van der Waals surface area (Å²) >= 11 is 0. The van der Waals surface area contributed by atoms with E-state index in [1.807, 2.05) is 0 Å². The van der Waals surface area contributed by atoms with Crippen LogP contribution in [0.4, 0.5) is 8.78 Å². The Balaban J connectivity index is 2.63. The van der Waals surface area contributed by atoms with E-state index in [1.165, 1.54) is 0 Å². The molecule has 1 aromatic carbocycles. The maximum absolute atomic E-state index is 13.4. The van der Waals surface area contributed by atoms with Crippen LogP contribution in [0.1, 0.15) is 37.6 Å². The van der Waals surface area contributed by atoms with Crippen LogP contribution >= 0.6 is 0 Å². The van der Waals surface area contributed by atoms with Crippen molar-refractivity contribution in [3.8, 4) is 0 Å². The number of ether oxygens (including phenoxy) is 1. The molecule has 0 aliphatic rings. The molecule has 18 heavy (non-hydrogen) atoms. The highest BCUT2D eigenvalue weighted by molar-refractivity contribution is 5.99. The topological polar surface area (TPSA) is 26.3 Å². The molecule has 0 spiro atoms. The molecule has 4 heteroatoms. The summed E-state index contributed by atoms with van der Waals surface area (Å²) in [5, 5.41) is 0. The molecule has 0 aliphatic heterocycles. The van der Waals surface area contributed by atoms with Gasteiger partial charge in [0.15, 0.2) is 5.78 Å². The zero-order valence-electron chi connectivity index (χ0n) is 10.9. The van der Waals surface area contributed by atoms with Crippen LogP contribution in [-0.4, -0.2) is 18.5 Å². The number of carbonyl (C=O) groups is 1. The number of ketones is 1. The predicted octanol–water partition coefficient (Wildman–Crippen LogP) is 3.60. The molecule has 1 rings (SSSR count). The Morgan fingerprint density at radius 2 is 1.94 bits per heavy atom. The van der Waals surface area contributed by atoms with Crippen LogP contribution in [-0.2, 0) is 4.74 Å². The van der Waals surface area contributed by atoms with Crippen LogP contribution in [0.15, 0.2) is 18.2 Å². The summed E-state index contributed by atoms with van der Waals surface area (Å²) in [7, 11) is 0. The monoisotopic (exact) mass is 256 g/mol. The lowest BCUT2D eigenvalue weighted by atomic mass is 10.1. The first-order valence-corrected chi connectivity index (χ1v) is 6.02. The molecule has 0 saturated heterocycles. The Bertz CT molecular complexity index is 416. The predicted molar refractivity (Wildman–Crippen MR) is 65.6 cm³/mol. The minimum atomic E-state index is -0.848. The summed E-state index contributed by atoms with van der Waals surface area (Å²) in [6.45, 7) is 6.13. The molecular weight excluding hydrogens is 238 g/mol. The molecule has 1 unspecified atom stereocenters. The van der Waals surface area contributed by atoms with E-state index in [-0.39, 0.29) is 5.56 Å². The summed E-state index contributed by atoms with van der Waals surface area (Å²) in [4.78, 5) is 11.9. The first kappa shape index (κ1) is 14.8. The minimum absolute atomic E-state index is 0.131. The van der Waals surface area contributed by atoms with Crippen molar-refractivity contribution in [3.05, 3.63) is 35.4 Å². The van der Waals surface area contributed by atoms with Crippen molar-refractivity contribution in [1.82, 2.24) is 0 Å². The van der Waals surface area contributed by atoms with E-state index in [0.29, 0.717) is 18.6 Å². The normalized spacial score (nSPS) is 12.8. The van der Waals surface area contributed by atoms with Gasteiger partial charge in [0, 0.05) is 12.7 Å². The van der Waals surface area contributed by atoms with Gasteiger partial charge in [-0.15, -0.1) is 0 Å². The van der Waals surface area contributed by atoms with Crippen molar-refractivity contribution >= 4 is 5.78 Å². The number of Topliss-reactive ketones (excluding diaryl/α,β-unsaturated/α-hetero) is 1. The van der Waals surface area contributed by atoms with E-state index in [9.17, 15) is 13.6 Å². The van der Waals surface area contributed by atoms with Crippen molar-refractivity contribution in [3.63, 3.8) is 0 Å². The second-order valence-electron chi connectivity index (χ2n) is 4.68. The van der Waals surface area contributed by atoms with Gasteiger partial charge in [0.1, 0.15) is 17.7 Å². The first-order valence-electron chi connectivity index (χ1n) is 6.02. The lowest BCUT2D eigenvalue weighted by Crippen LogP contribution is -2.23. The number of rotatable bonds is 6. The third kappa shape index (κ3) is 4.18. The lowest BCUT2D eigenvalue weighted by Gasteiger charge is -2.13. The van der Waals surface area contributed by atoms with Gasteiger partial charge in [0.05, 0.1) is 5.56 Å². The summed E-state index contributed by atoms with van der Waals surface area (Å²) < 4.78 is 31.5. The van der Waals surface area contributed by atoms with Crippen LogP contribution in [0.2, 0.25) is 0 Å². The summed E-state index contributed by atoms with van der Waals surface area (Å²) in [6, 6.07) is 2.92. The summed E-state index contributed by atoms with van der Waals surface area (Å²) in [5.41, 5.74) is -0.131. The van der Waals surface area contributed by atoms with Crippen LogP contribution < -0.4 is 0 Å². The Morgan fingerprint density at radius 3 is 2.50 bits per heavy atom. The molecule has 1 atom stereocenters.